The molecule has 0 unspecified atom stereocenters. The Labute approximate surface area is 132 Å². The Morgan fingerprint density at radius 3 is 2.13 bits per heavy atom. The highest BCUT2D eigenvalue weighted by Gasteiger charge is 2.12. The fraction of sp³-hybridized carbons (Fsp3) is 0.176. The average Bonchev–Trinajstić information content (AvgIpc) is 2.54. The number of benzene rings is 2. The first-order chi connectivity index (χ1) is 10.9. The number of halogens is 2. The van der Waals surface area contributed by atoms with Crippen molar-refractivity contribution in [1.82, 2.24) is 5.32 Å². The zero-order valence-corrected chi connectivity index (χ0v) is 12.8. The van der Waals surface area contributed by atoms with Crippen LogP contribution in [0.4, 0.5) is 14.5 Å². The fourth-order valence-electron chi connectivity index (χ4n) is 1.95. The Morgan fingerprint density at radius 1 is 0.957 bits per heavy atom. The van der Waals surface area contributed by atoms with Gasteiger partial charge in [0, 0.05) is 30.9 Å². The predicted molar refractivity (Wildman–Crippen MR) is 83.8 cm³/mol. The maximum atomic E-state index is 13.1. The Balaban J connectivity index is 1.98. The van der Waals surface area contributed by atoms with Crippen LogP contribution in [0.2, 0.25) is 0 Å². The van der Waals surface area contributed by atoms with Crippen LogP contribution >= 0.6 is 0 Å². The van der Waals surface area contributed by atoms with Crippen LogP contribution in [0.5, 0.6) is 0 Å². The number of nitrogens with zero attached hydrogens (tertiary/aromatic N) is 1. The van der Waals surface area contributed by atoms with Crippen LogP contribution in [-0.4, -0.2) is 32.3 Å². The van der Waals surface area contributed by atoms with Crippen molar-refractivity contribution in [2.45, 2.75) is 0 Å². The van der Waals surface area contributed by atoms with Gasteiger partial charge >= 0.3 is 0 Å². The first kappa shape index (κ1) is 16.6. The van der Waals surface area contributed by atoms with Gasteiger partial charge in [0.2, 0.25) is 0 Å². The van der Waals surface area contributed by atoms with Crippen molar-refractivity contribution in [2.75, 3.05) is 25.5 Å². The van der Waals surface area contributed by atoms with Crippen LogP contribution in [0.15, 0.2) is 42.5 Å². The Hall–Kier alpha value is -2.76. The Morgan fingerprint density at radius 2 is 1.57 bits per heavy atom. The molecule has 0 atom stereocenters. The van der Waals surface area contributed by atoms with E-state index < -0.39 is 17.5 Å². The lowest BCUT2D eigenvalue weighted by atomic mass is 10.1. The van der Waals surface area contributed by atoms with Crippen LogP contribution in [0.25, 0.3) is 0 Å². The number of ketones is 1. The molecule has 2 aromatic carbocycles. The van der Waals surface area contributed by atoms with E-state index in [2.05, 4.69) is 5.32 Å². The van der Waals surface area contributed by atoms with E-state index in [0.29, 0.717) is 5.56 Å². The van der Waals surface area contributed by atoms with Crippen LogP contribution in [0.1, 0.15) is 20.7 Å². The second-order valence-corrected chi connectivity index (χ2v) is 5.18. The normalized spacial score (nSPS) is 10.3. The SMILES string of the molecule is CN(C)c1ccc(C(=O)CNC(=O)c2ccc(F)c(F)c2)cc1. The molecule has 0 aromatic heterocycles. The molecule has 1 amide bonds. The quantitative estimate of drug-likeness (QED) is 0.862. The summed E-state index contributed by atoms with van der Waals surface area (Å²) in [7, 11) is 3.78. The number of Topliss-reactive ketones (excluding diaryl/α,β-unsaturated/α-hetero) is 1. The number of nitrogens with one attached hydrogen (secondary N) is 1. The van der Waals surface area contributed by atoms with Crippen LogP contribution in [0, 0.1) is 11.6 Å². The molecular formula is C17H16F2N2O2. The first-order valence-electron chi connectivity index (χ1n) is 6.92. The molecule has 0 spiro atoms. The molecule has 0 aliphatic carbocycles. The monoisotopic (exact) mass is 318 g/mol. The number of rotatable bonds is 5. The highest BCUT2D eigenvalue weighted by atomic mass is 19.2. The van der Waals surface area contributed by atoms with Gasteiger partial charge in [-0.2, -0.15) is 0 Å². The van der Waals surface area contributed by atoms with Gasteiger partial charge in [0.25, 0.3) is 5.91 Å². The molecule has 120 valence electrons. The molecule has 0 heterocycles. The minimum Gasteiger partial charge on any atom is -0.378 e. The second kappa shape index (κ2) is 7.00. The molecule has 6 heteroatoms. The highest BCUT2D eigenvalue weighted by Crippen LogP contribution is 2.12. The van der Waals surface area contributed by atoms with Crippen LogP contribution < -0.4 is 10.2 Å². The number of hydrogen-bond donors (Lipinski definition) is 1. The highest BCUT2D eigenvalue weighted by molar-refractivity contribution is 6.02. The molecule has 0 fully saturated rings. The predicted octanol–water partition coefficient (Wildman–Crippen LogP) is 2.64. The van der Waals surface area contributed by atoms with E-state index in [1.165, 1.54) is 0 Å². The minimum absolute atomic E-state index is 0.0420. The van der Waals surface area contributed by atoms with Gasteiger partial charge in [0.15, 0.2) is 17.4 Å². The van der Waals surface area contributed by atoms with Crippen molar-refractivity contribution >= 4 is 17.4 Å². The van der Waals surface area contributed by atoms with Crippen molar-refractivity contribution in [3.63, 3.8) is 0 Å². The van der Waals surface area contributed by atoms with Crippen molar-refractivity contribution in [2.24, 2.45) is 0 Å². The summed E-state index contributed by atoms with van der Waals surface area (Å²) in [6, 6.07) is 9.74. The lowest BCUT2D eigenvalue weighted by Gasteiger charge is -2.12. The van der Waals surface area contributed by atoms with Gasteiger partial charge in [0.1, 0.15) is 0 Å². The number of amides is 1. The third-order valence-electron chi connectivity index (χ3n) is 3.30. The average molecular weight is 318 g/mol. The van der Waals surface area contributed by atoms with Gasteiger partial charge in [-0.25, -0.2) is 8.78 Å². The van der Waals surface area contributed by atoms with E-state index in [4.69, 9.17) is 0 Å². The molecule has 0 aliphatic heterocycles. The summed E-state index contributed by atoms with van der Waals surface area (Å²) >= 11 is 0. The molecule has 0 aliphatic rings. The third kappa shape index (κ3) is 4.12. The van der Waals surface area contributed by atoms with E-state index in [1.54, 1.807) is 24.3 Å². The molecule has 1 N–H and O–H groups in total. The van der Waals surface area contributed by atoms with E-state index in [9.17, 15) is 18.4 Å². The molecule has 23 heavy (non-hydrogen) atoms. The van der Waals surface area contributed by atoms with E-state index >= 15 is 0 Å². The standard InChI is InChI=1S/C17H16F2N2O2/c1-21(2)13-6-3-11(4-7-13)16(22)10-20-17(23)12-5-8-14(18)15(19)9-12/h3-9H,10H2,1-2H3,(H,20,23). The minimum atomic E-state index is -1.11. The van der Waals surface area contributed by atoms with E-state index in [-0.39, 0.29) is 17.9 Å². The number of anilines is 1. The van der Waals surface area contributed by atoms with Gasteiger partial charge in [-0.05, 0) is 42.5 Å². The summed E-state index contributed by atoms with van der Waals surface area (Å²) in [5.74, 6) is -3.05. The van der Waals surface area contributed by atoms with Crippen molar-refractivity contribution in [1.29, 1.82) is 0 Å². The summed E-state index contributed by atoms with van der Waals surface area (Å²) in [6.45, 7) is -0.223. The van der Waals surface area contributed by atoms with E-state index in [1.807, 2.05) is 19.0 Å². The lowest BCUT2D eigenvalue weighted by molar-refractivity contribution is 0.0904. The van der Waals surface area contributed by atoms with Gasteiger partial charge in [-0.15, -0.1) is 0 Å². The third-order valence-corrected chi connectivity index (χ3v) is 3.30. The first-order valence-corrected chi connectivity index (χ1v) is 6.92. The summed E-state index contributed by atoms with van der Waals surface area (Å²) in [5, 5.41) is 2.39. The maximum absolute atomic E-state index is 13.1. The molecular weight excluding hydrogens is 302 g/mol. The zero-order chi connectivity index (χ0) is 17.0. The van der Waals surface area contributed by atoms with Crippen LogP contribution in [0.3, 0.4) is 0 Å². The lowest BCUT2D eigenvalue weighted by Crippen LogP contribution is -2.29. The molecule has 2 aromatic rings. The number of carbonyl (C=O) groups is 2. The summed E-state index contributed by atoms with van der Waals surface area (Å²) < 4.78 is 25.9. The maximum Gasteiger partial charge on any atom is 0.251 e. The fourth-order valence-corrected chi connectivity index (χ4v) is 1.95. The molecule has 2 rings (SSSR count). The molecule has 4 nitrogen and oxygen atoms in total. The molecule has 0 bridgehead atoms. The zero-order valence-electron chi connectivity index (χ0n) is 12.8. The van der Waals surface area contributed by atoms with Gasteiger partial charge in [-0.3, -0.25) is 9.59 Å². The van der Waals surface area contributed by atoms with Crippen molar-refractivity contribution in [3.8, 4) is 0 Å². The number of carbonyl (C=O) groups excluding carboxylic acids is 2. The molecule has 0 saturated carbocycles. The van der Waals surface area contributed by atoms with Crippen LogP contribution in [-0.2, 0) is 0 Å². The Bertz CT molecular complexity index is 728. The number of hydrogen-bond acceptors (Lipinski definition) is 3. The second-order valence-electron chi connectivity index (χ2n) is 5.18. The van der Waals surface area contributed by atoms with Gasteiger partial charge < -0.3 is 10.2 Å². The van der Waals surface area contributed by atoms with Gasteiger partial charge in [-0.1, -0.05) is 0 Å². The topological polar surface area (TPSA) is 49.4 Å². The summed E-state index contributed by atoms with van der Waals surface area (Å²) in [5.41, 5.74) is 1.37. The Kier molecular flexibility index (Phi) is 5.05. The molecule has 0 radical (unpaired) electrons. The molecule has 0 saturated heterocycles. The largest absolute Gasteiger partial charge is 0.378 e. The van der Waals surface area contributed by atoms with Gasteiger partial charge in [0.05, 0.1) is 6.54 Å². The summed E-state index contributed by atoms with van der Waals surface area (Å²) in [4.78, 5) is 25.8. The smallest absolute Gasteiger partial charge is 0.251 e. The van der Waals surface area contributed by atoms with Crippen molar-refractivity contribution < 1.29 is 18.4 Å². The summed E-state index contributed by atoms with van der Waals surface area (Å²) in [6.07, 6.45) is 0. The van der Waals surface area contributed by atoms with Crippen molar-refractivity contribution in [3.05, 3.63) is 65.2 Å². The van der Waals surface area contributed by atoms with E-state index in [0.717, 1.165) is 23.9 Å².